The summed E-state index contributed by atoms with van der Waals surface area (Å²) in [6.07, 6.45) is 3.01. The van der Waals surface area contributed by atoms with Crippen molar-refractivity contribution < 1.29 is 18.4 Å². The van der Waals surface area contributed by atoms with Gasteiger partial charge in [0, 0.05) is 42.0 Å². The maximum absolute atomic E-state index is 14.1. The number of ether oxygens (including phenoxy) is 2. The molecule has 4 rings (SSSR count). The summed E-state index contributed by atoms with van der Waals surface area (Å²) in [4.78, 5) is 13.2. The minimum atomic E-state index is -0.489. The lowest BCUT2D eigenvalue weighted by Crippen LogP contribution is -2.13. The number of nitrogens with zero attached hydrogens (tertiary/aromatic N) is 3. The molecule has 4 aromatic rings. The fraction of sp³-hybridized carbons (Fsp3) is 0.130. The Bertz CT molecular complexity index is 1330. The lowest BCUT2D eigenvalue weighted by atomic mass is 10.0. The number of thiazole rings is 1. The zero-order valence-electron chi connectivity index (χ0n) is 18.5. The number of rotatable bonds is 10. The standard InChI is InChI=1S/C23H21FN6O3S2/c1-13-27-9-19(35-13)10-32-17-6-15(24)7-18(8-17)33-16-4-2-14(3-5-16)21(25)20-22(26)28-11-29-23(20)30-12-34-31/h2-9,11,25,31H,10,12H2,1H3,(H3,26,28,29,30). The van der Waals surface area contributed by atoms with Crippen molar-refractivity contribution in [1.29, 1.82) is 5.41 Å². The Labute approximate surface area is 208 Å². The molecule has 0 aliphatic carbocycles. The first kappa shape index (κ1) is 24.4. The van der Waals surface area contributed by atoms with E-state index in [1.807, 2.05) is 6.92 Å². The molecule has 0 fully saturated rings. The fourth-order valence-corrected chi connectivity index (χ4v) is 4.07. The summed E-state index contributed by atoms with van der Waals surface area (Å²) >= 11 is 2.10. The molecule has 0 saturated heterocycles. The number of benzene rings is 2. The molecule has 9 nitrogen and oxygen atoms in total. The third-order valence-corrected chi connectivity index (χ3v) is 5.86. The summed E-state index contributed by atoms with van der Waals surface area (Å²) in [5, 5.41) is 12.4. The van der Waals surface area contributed by atoms with Crippen LogP contribution in [0, 0.1) is 18.2 Å². The van der Waals surface area contributed by atoms with Crippen molar-refractivity contribution in [3.63, 3.8) is 0 Å². The molecule has 2 aromatic heterocycles. The van der Waals surface area contributed by atoms with Crippen LogP contribution in [0.15, 0.2) is 55.0 Å². The molecule has 2 aromatic carbocycles. The van der Waals surface area contributed by atoms with Crippen LogP contribution in [0.5, 0.6) is 17.2 Å². The topological polar surface area (TPSA) is 139 Å². The smallest absolute Gasteiger partial charge is 0.141 e. The molecule has 0 unspecified atom stereocenters. The first-order valence-electron chi connectivity index (χ1n) is 10.3. The highest BCUT2D eigenvalue weighted by atomic mass is 32.2. The zero-order valence-corrected chi connectivity index (χ0v) is 20.1. The van der Waals surface area contributed by atoms with E-state index in [0.29, 0.717) is 40.5 Å². The Kier molecular flexibility index (Phi) is 7.75. The number of aromatic nitrogens is 3. The Morgan fingerprint density at radius 1 is 1.14 bits per heavy atom. The van der Waals surface area contributed by atoms with Gasteiger partial charge in [0.1, 0.15) is 47.6 Å². The normalized spacial score (nSPS) is 10.7. The van der Waals surface area contributed by atoms with E-state index in [4.69, 9.17) is 25.2 Å². The van der Waals surface area contributed by atoms with Crippen LogP contribution in [0.3, 0.4) is 0 Å². The summed E-state index contributed by atoms with van der Waals surface area (Å²) < 4.78 is 34.6. The second-order valence-electron chi connectivity index (χ2n) is 7.19. The van der Waals surface area contributed by atoms with E-state index in [2.05, 4.69) is 20.3 Å². The molecule has 0 bridgehead atoms. The van der Waals surface area contributed by atoms with Crippen molar-refractivity contribution in [3.8, 4) is 17.2 Å². The molecule has 0 amide bonds. The van der Waals surface area contributed by atoms with Crippen LogP contribution in [0.2, 0.25) is 0 Å². The first-order valence-corrected chi connectivity index (χ1v) is 12.0. The Balaban J connectivity index is 1.47. The number of hydrogen-bond acceptors (Lipinski definition) is 11. The number of hydrogen-bond donors (Lipinski definition) is 4. The molecule has 5 N–H and O–H groups in total. The Hall–Kier alpha value is -3.74. The van der Waals surface area contributed by atoms with Gasteiger partial charge in [-0.25, -0.2) is 19.3 Å². The number of nitrogens with two attached hydrogens (primary N) is 1. The highest BCUT2D eigenvalue weighted by Crippen LogP contribution is 2.29. The molecule has 2 heterocycles. The van der Waals surface area contributed by atoms with Gasteiger partial charge in [0.2, 0.25) is 0 Å². The van der Waals surface area contributed by atoms with Crippen LogP contribution < -0.4 is 20.5 Å². The number of anilines is 2. The molecule has 35 heavy (non-hydrogen) atoms. The summed E-state index contributed by atoms with van der Waals surface area (Å²) in [5.74, 6) is 1.22. The van der Waals surface area contributed by atoms with Gasteiger partial charge in [-0.05, 0) is 31.2 Å². The van der Waals surface area contributed by atoms with Gasteiger partial charge in [0.25, 0.3) is 0 Å². The van der Waals surface area contributed by atoms with Gasteiger partial charge in [-0.1, -0.05) is 0 Å². The van der Waals surface area contributed by atoms with Crippen molar-refractivity contribution in [2.24, 2.45) is 0 Å². The van der Waals surface area contributed by atoms with E-state index >= 15 is 0 Å². The van der Waals surface area contributed by atoms with Crippen LogP contribution in [0.25, 0.3) is 0 Å². The minimum absolute atomic E-state index is 0.0971. The van der Waals surface area contributed by atoms with Crippen LogP contribution in [0.1, 0.15) is 21.0 Å². The van der Waals surface area contributed by atoms with Crippen molar-refractivity contribution in [1.82, 2.24) is 15.0 Å². The molecule has 0 saturated carbocycles. The zero-order chi connectivity index (χ0) is 24.8. The van der Waals surface area contributed by atoms with Crippen molar-refractivity contribution in [3.05, 3.63) is 81.8 Å². The molecule has 0 radical (unpaired) electrons. The molecule has 0 atom stereocenters. The summed E-state index contributed by atoms with van der Waals surface area (Å²) in [7, 11) is 0. The van der Waals surface area contributed by atoms with E-state index in [0.717, 1.165) is 9.88 Å². The average molecular weight is 513 g/mol. The van der Waals surface area contributed by atoms with E-state index in [-0.39, 0.29) is 29.8 Å². The minimum Gasteiger partial charge on any atom is -0.488 e. The van der Waals surface area contributed by atoms with Crippen LogP contribution in [0.4, 0.5) is 16.0 Å². The highest BCUT2D eigenvalue weighted by Gasteiger charge is 2.16. The van der Waals surface area contributed by atoms with Gasteiger partial charge < -0.3 is 25.1 Å². The molecule has 0 aliphatic rings. The van der Waals surface area contributed by atoms with E-state index in [1.165, 1.54) is 29.8 Å². The largest absolute Gasteiger partial charge is 0.488 e. The number of aryl methyl sites for hydroxylation is 1. The van der Waals surface area contributed by atoms with E-state index < -0.39 is 5.82 Å². The van der Waals surface area contributed by atoms with Crippen molar-refractivity contribution >= 4 is 40.7 Å². The number of nitrogens with one attached hydrogen (secondary N) is 2. The Morgan fingerprint density at radius 2 is 1.91 bits per heavy atom. The monoisotopic (exact) mass is 512 g/mol. The second-order valence-corrected chi connectivity index (χ2v) is 9.06. The fourth-order valence-electron chi connectivity index (χ4n) is 3.16. The van der Waals surface area contributed by atoms with Gasteiger partial charge in [-0.3, -0.25) is 5.41 Å². The summed E-state index contributed by atoms with van der Waals surface area (Å²) in [6, 6.07) is 10.8. The van der Waals surface area contributed by atoms with Gasteiger partial charge in [-0.2, -0.15) is 0 Å². The second kappa shape index (κ2) is 11.1. The van der Waals surface area contributed by atoms with Gasteiger partial charge in [-0.15, -0.1) is 11.3 Å². The molecular formula is C23H21FN6O3S2. The molecule has 0 aliphatic heterocycles. The van der Waals surface area contributed by atoms with Crippen LogP contribution in [-0.4, -0.2) is 31.1 Å². The third-order valence-electron chi connectivity index (χ3n) is 4.70. The van der Waals surface area contributed by atoms with Gasteiger partial charge >= 0.3 is 0 Å². The summed E-state index contributed by atoms with van der Waals surface area (Å²) in [5.41, 5.74) is 6.94. The number of nitrogen functional groups attached to an aromatic ring is 1. The predicted octanol–water partition coefficient (Wildman–Crippen LogP) is 5.33. The van der Waals surface area contributed by atoms with Crippen LogP contribution >= 0.6 is 23.4 Å². The number of halogens is 1. The molecule has 0 spiro atoms. The summed E-state index contributed by atoms with van der Waals surface area (Å²) in [6.45, 7) is 2.19. The lowest BCUT2D eigenvalue weighted by molar-refractivity contribution is 0.306. The lowest BCUT2D eigenvalue weighted by Gasteiger charge is -2.13. The predicted molar refractivity (Wildman–Crippen MR) is 135 cm³/mol. The highest BCUT2D eigenvalue weighted by molar-refractivity contribution is 7.93. The third kappa shape index (κ3) is 6.23. The maximum Gasteiger partial charge on any atom is 0.141 e. The van der Waals surface area contributed by atoms with E-state index in [1.54, 1.807) is 36.5 Å². The first-order chi connectivity index (χ1) is 16.9. The average Bonchev–Trinajstić information content (AvgIpc) is 3.26. The van der Waals surface area contributed by atoms with Crippen LogP contribution in [-0.2, 0) is 6.61 Å². The quantitative estimate of drug-likeness (QED) is 0.126. The van der Waals surface area contributed by atoms with Crippen molar-refractivity contribution in [2.45, 2.75) is 13.5 Å². The van der Waals surface area contributed by atoms with Gasteiger partial charge in [0.15, 0.2) is 0 Å². The molecular weight excluding hydrogens is 491 g/mol. The molecule has 180 valence electrons. The van der Waals surface area contributed by atoms with Crippen molar-refractivity contribution in [2.75, 3.05) is 16.9 Å². The SMILES string of the molecule is Cc1ncc(COc2cc(F)cc(Oc3ccc(C(=N)c4c(N)ncnc4NCSO)cc3)c2)s1. The Morgan fingerprint density at radius 3 is 2.63 bits per heavy atom. The maximum atomic E-state index is 14.1. The molecule has 12 heteroatoms. The van der Waals surface area contributed by atoms with E-state index in [9.17, 15) is 4.39 Å². The van der Waals surface area contributed by atoms with Gasteiger partial charge in [0.05, 0.1) is 27.0 Å².